The molecule has 148 valence electrons. The molecule has 0 saturated carbocycles. The Labute approximate surface area is 166 Å². The van der Waals surface area contributed by atoms with Crippen molar-refractivity contribution in [2.75, 3.05) is 20.3 Å². The van der Waals surface area contributed by atoms with Crippen molar-refractivity contribution in [1.82, 2.24) is 15.3 Å². The molecule has 0 spiro atoms. The topological polar surface area (TPSA) is 93.3 Å². The molecule has 0 fully saturated rings. The number of aromatic amines is 1. The van der Waals surface area contributed by atoms with Gasteiger partial charge in [-0.15, -0.1) is 11.3 Å². The standard InChI is InChI=1S/C20H23N3O4S/c1-12-16-18(24)22-15(11-21-13(2)14-7-5-4-6-8-14)23-19(16)28-17(12)20(25)27-10-9-26-3/h4-8,13,21H,9-11H2,1-3H3,(H,22,23,24)/t13-/m1/s1. The molecule has 0 unspecified atom stereocenters. The maximum atomic E-state index is 12.5. The summed E-state index contributed by atoms with van der Waals surface area (Å²) in [5.41, 5.74) is 1.49. The molecule has 0 radical (unpaired) electrons. The summed E-state index contributed by atoms with van der Waals surface area (Å²) in [4.78, 5) is 33.1. The van der Waals surface area contributed by atoms with Crippen molar-refractivity contribution in [2.45, 2.75) is 26.4 Å². The number of benzene rings is 1. The number of carbonyl (C=O) groups excluding carboxylic acids is 1. The van der Waals surface area contributed by atoms with E-state index >= 15 is 0 Å². The zero-order valence-corrected chi connectivity index (χ0v) is 16.9. The molecule has 2 N–H and O–H groups in total. The second-order valence-electron chi connectivity index (χ2n) is 6.39. The van der Waals surface area contributed by atoms with E-state index in [1.807, 2.05) is 30.3 Å². The van der Waals surface area contributed by atoms with Crippen LogP contribution in [-0.4, -0.2) is 36.3 Å². The minimum absolute atomic E-state index is 0.110. The number of nitrogens with zero attached hydrogens (tertiary/aromatic N) is 1. The van der Waals surface area contributed by atoms with Crippen LogP contribution in [0.1, 0.15) is 39.6 Å². The van der Waals surface area contributed by atoms with Gasteiger partial charge in [0.25, 0.3) is 5.56 Å². The Kier molecular flexibility index (Phi) is 6.56. The van der Waals surface area contributed by atoms with Gasteiger partial charge in [0, 0.05) is 13.2 Å². The van der Waals surface area contributed by atoms with Crippen LogP contribution in [-0.2, 0) is 16.0 Å². The van der Waals surface area contributed by atoms with Crippen molar-refractivity contribution in [3.63, 3.8) is 0 Å². The molecule has 0 bridgehead atoms. The van der Waals surface area contributed by atoms with Gasteiger partial charge in [-0.25, -0.2) is 9.78 Å². The lowest BCUT2D eigenvalue weighted by molar-refractivity contribution is 0.0393. The van der Waals surface area contributed by atoms with E-state index in [0.717, 1.165) is 5.56 Å². The Bertz CT molecular complexity index is 1010. The molecule has 3 aromatic rings. The number of fused-ring (bicyclic) bond motifs is 1. The van der Waals surface area contributed by atoms with Gasteiger partial charge >= 0.3 is 5.97 Å². The molecule has 7 nitrogen and oxygen atoms in total. The van der Waals surface area contributed by atoms with Gasteiger partial charge in [0.15, 0.2) is 0 Å². The van der Waals surface area contributed by atoms with Crippen molar-refractivity contribution in [1.29, 1.82) is 0 Å². The average Bonchev–Trinajstić information content (AvgIpc) is 3.04. The second kappa shape index (κ2) is 9.09. The van der Waals surface area contributed by atoms with Crippen LogP contribution in [0, 0.1) is 6.92 Å². The Balaban J connectivity index is 1.78. The number of hydrogen-bond donors (Lipinski definition) is 2. The molecule has 8 heteroatoms. The Morgan fingerprint density at radius 2 is 2.04 bits per heavy atom. The fourth-order valence-electron chi connectivity index (χ4n) is 2.86. The largest absolute Gasteiger partial charge is 0.459 e. The molecule has 3 rings (SSSR count). The predicted octanol–water partition coefficient (Wildman–Crippen LogP) is 2.95. The highest BCUT2D eigenvalue weighted by molar-refractivity contribution is 7.20. The zero-order valence-electron chi connectivity index (χ0n) is 16.1. The number of carbonyl (C=O) groups is 1. The number of rotatable bonds is 8. The third kappa shape index (κ3) is 4.46. The number of esters is 1. The van der Waals surface area contributed by atoms with Crippen LogP contribution in [0.3, 0.4) is 0 Å². The van der Waals surface area contributed by atoms with Gasteiger partial charge in [0.2, 0.25) is 0 Å². The number of nitrogens with one attached hydrogen (secondary N) is 2. The van der Waals surface area contributed by atoms with Crippen LogP contribution in [0.15, 0.2) is 35.1 Å². The average molecular weight is 401 g/mol. The maximum Gasteiger partial charge on any atom is 0.348 e. The fraction of sp³-hybridized carbons (Fsp3) is 0.350. The summed E-state index contributed by atoms with van der Waals surface area (Å²) in [6, 6.07) is 10.1. The summed E-state index contributed by atoms with van der Waals surface area (Å²) in [6.07, 6.45) is 0. The van der Waals surface area contributed by atoms with Crippen molar-refractivity contribution in [3.8, 4) is 0 Å². The van der Waals surface area contributed by atoms with Crippen LogP contribution in [0.25, 0.3) is 10.2 Å². The summed E-state index contributed by atoms with van der Waals surface area (Å²) in [5, 5.41) is 3.79. The Hall–Kier alpha value is -2.55. The highest BCUT2D eigenvalue weighted by Gasteiger charge is 2.20. The van der Waals surface area contributed by atoms with Crippen LogP contribution >= 0.6 is 11.3 Å². The lowest BCUT2D eigenvalue weighted by Crippen LogP contribution is -2.22. The lowest BCUT2D eigenvalue weighted by atomic mass is 10.1. The van der Waals surface area contributed by atoms with Crippen LogP contribution in [0.4, 0.5) is 0 Å². The third-order valence-electron chi connectivity index (χ3n) is 4.43. The van der Waals surface area contributed by atoms with Crippen molar-refractivity contribution < 1.29 is 14.3 Å². The molecule has 0 saturated heterocycles. The van der Waals surface area contributed by atoms with Crippen LogP contribution in [0.5, 0.6) is 0 Å². The zero-order chi connectivity index (χ0) is 20.1. The third-order valence-corrected chi connectivity index (χ3v) is 5.60. The Morgan fingerprint density at radius 3 is 2.75 bits per heavy atom. The van der Waals surface area contributed by atoms with Gasteiger partial charge < -0.3 is 19.8 Å². The SMILES string of the molecule is COCCOC(=O)c1sc2nc(CN[C@H](C)c3ccccc3)[nH]c(=O)c2c1C. The maximum absolute atomic E-state index is 12.5. The minimum atomic E-state index is -0.464. The fourth-order valence-corrected chi connectivity index (χ4v) is 3.95. The number of aromatic nitrogens is 2. The molecule has 0 aliphatic heterocycles. The van der Waals surface area contributed by atoms with Gasteiger partial charge in [0.05, 0.1) is 18.5 Å². The van der Waals surface area contributed by atoms with E-state index < -0.39 is 5.97 Å². The van der Waals surface area contributed by atoms with Crippen LogP contribution < -0.4 is 10.9 Å². The first-order valence-corrected chi connectivity index (χ1v) is 9.79. The first kappa shape index (κ1) is 20.2. The first-order valence-electron chi connectivity index (χ1n) is 8.98. The number of aryl methyl sites for hydroxylation is 1. The van der Waals surface area contributed by atoms with E-state index in [1.165, 1.54) is 18.4 Å². The highest BCUT2D eigenvalue weighted by atomic mass is 32.1. The highest BCUT2D eigenvalue weighted by Crippen LogP contribution is 2.27. The molecular weight excluding hydrogens is 378 g/mol. The second-order valence-corrected chi connectivity index (χ2v) is 7.39. The number of H-pyrrole nitrogens is 1. The van der Waals surface area contributed by atoms with E-state index in [-0.39, 0.29) is 18.2 Å². The number of methoxy groups -OCH3 is 1. The molecule has 2 aromatic heterocycles. The molecule has 28 heavy (non-hydrogen) atoms. The smallest absolute Gasteiger partial charge is 0.348 e. The quantitative estimate of drug-likeness (QED) is 0.445. The molecule has 0 aliphatic rings. The van der Waals surface area contributed by atoms with Crippen molar-refractivity contribution in [3.05, 3.63) is 62.5 Å². The summed E-state index contributed by atoms with van der Waals surface area (Å²) < 4.78 is 10.1. The van der Waals surface area contributed by atoms with Crippen LogP contribution in [0.2, 0.25) is 0 Å². The monoisotopic (exact) mass is 401 g/mol. The normalized spacial score (nSPS) is 12.2. The van der Waals surface area contributed by atoms with E-state index in [9.17, 15) is 9.59 Å². The predicted molar refractivity (Wildman–Crippen MR) is 109 cm³/mol. The molecule has 2 heterocycles. The van der Waals surface area contributed by atoms with E-state index in [0.29, 0.717) is 39.6 Å². The van der Waals surface area contributed by atoms with Gasteiger partial charge in [-0.05, 0) is 25.0 Å². The van der Waals surface area contributed by atoms with E-state index in [2.05, 4.69) is 22.2 Å². The molecule has 0 amide bonds. The first-order chi connectivity index (χ1) is 13.5. The lowest BCUT2D eigenvalue weighted by Gasteiger charge is -2.13. The number of ether oxygens (including phenoxy) is 2. The summed E-state index contributed by atoms with van der Waals surface area (Å²) in [5.74, 6) is 0.0650. The number of thiophene rings is 1. The Morgan fingerprint density at radius 1 is 1.29 bits per heavy atom. The molecular formula is C20H23N3O4S. The number of hydrogen-bond acceptors (Lipinski definition) is 7. The minimum Gasteiger partial charge on any atom is -0.459 e. The van der Waals surface area contributed by atoms with Gasteiger partial charge in [-0.2, -0.15) is 0 Å². The van der Waals surface area contributed by atoms with E-state index in [4.69, 9.17) is 9.47 Å². The van der Waals surface area contributed by atoms with Crippen molar-refractivity contribution in [2.24, 2.45) is 0 Å². The van der Waals surface area contributed by atoms with Crippen molar-refractivity contribution >= 4 is 27.5 Å². The summed E-state index contributed by atoms with van der Waals surface area (Å²) in [6.45, 7) is 4.68. The van der Waals surface area contributed by atoms with Gasteiger partial charge in [-0.3, -0.25) is 4.79 Å². The van der Waals surface area contributed by atoms with E-state index in [1.54, 1.807) is 6.92 Å². The van der Waals surface area contributed by atoms with Gasteiger partial charge in [-0.1, -0.05) is 30.3 Å². The molecule has 0 aliphatic carbocycles. The molecule has 1 aromatic carbocycles. The molecule has 1 atom stereocenters. The van der Waals surface area contributed by atoms with Gasteiger partial charge in [0.1, 0.15) is 22.1 Å². The summed E-state index contributed by atoms with van der Waals surface area (Å²) in [7, 11) is 1.54. The summed E-state index contributed by atoms with van der Waals surface area (Å²) >= 11 is 1.17.